The second kappa shape index (κ2) is 11.7. The maximum atomic E-state index is 13.9. The molecule has 0 saturated carbocycles. The van der Waals surface area contributed by atoms with Crippen LogP contribution in [-0.4, -0.2) is 41.6 Å². The van der Waals surface area contributed by atoms with E-state index in [1.807, 2.05) is 19.1 Å². The highest BCUT2D eigenvalue weighted by molar-refractivity contribution is 5.90. The summed E-state index contributed by atoms with van der Waals surface area (Å²) < 4.78 is 25.1. The summed E-state index contributed by atoms with van der Waals surface area (Å²) in [5.41, 5.74) is 1.57. The lowest BCUT2D eigenvalue weighted by Gasteiger charge is -2.21. The van der Waals surface area contributed by atoms with E-state index in [1.54, 1.807) is 53.4 Å². The third-order valence-corrected chi connectivity index (χ3v) is 5.10. The summed E-state index contributed by atoms with van der Waals surface area (Å²) in [6, 6.07) is 20.2. The van der Waals surface area contributed by atoms with Crippen LogP contribution >= 0.6 is 0 Å². The molecule has 0 unspecified atom stereocenters. The molecule has 0 radical (unpaired) electrons. The van der Waals surface area contributed by atoms with Gasteiger partial charge in [0.1, 0.15) is 22.9 Å². The number of carboxylic acid groups (broad SMARTS) is 1. The molecule has 3 rings (SSSR count). The van der Waals surface area contributed by atoms with Gasteiger partial charge in [0, 0.05) is 25.1 Å². The summed E-state index contributed by atoms with van der Waals surface area (Å²) in [5, 5.41) is 9.20. The minimum absolute atomic E-state index is 0.127. The number of amides is 1. The highest BCUT2D eigenvalue weighted by atomic mass is 19.1. The molecule has 172 valence electrons. The lowest BCUT2D eigenvalue weighted by atomic mass is 10.1. The summed E-state index contributed by atoms with van der Waals surface area (Å²) in [6.45, 7) is 2.65. The van der Waals surface area contributed by atoms with Crippen molar-refractivity contribution >= 4 is 11.9 Å². The molecular weight excluding hydrogens is 425 g/mol. The topological polar surface area (TPSA) is 76.1 Å². The first-order valence-electron chi connectivity index (χ1n) is 10.7. The highest BCUT2D eigenvalue weighted by Crippen LogP contribution is 2.19. The van der Waals surface area contributed by atoms with E-state index in [0.29, 0.717) is 36.6 Å². The van der Waals surface area contributed by atoms with Crippen LogP contribution in [0.3, 0.4) is 0 Å². The number of carbonyl (C=O) groups excluding carboxylic acids is 1. The summed E-state index contributed by atoms with van der Waals surface area (Å²) in [6.07, 6.45) is 0.583. The van der Waals surface area contributed by atoms with Crippen molar-refractivity contribution in [2.45, 2.75) is 19.9 Å². The second-order valence-electron chi connectivity index (χ2n) is 7.33. The summed E-state index contributed by atoms with van der Waals surface area (Å²) in [4.78, 5) is 25.3. The molecule has 0 fully saturated rings. The van der Waals surface area contributed by atoms with Gasteiger partial charge in [-0.3, -0.25) is 4.79 Å². The minimum Gasteiger partial charge on any atom is -0.492 e. The Morgan fingerprint density at radius 2 is 1.64 bits per heavy atom. The number of nitrogens with zero attached hydrogens (tertiary/aromatic N) is 1. The third kappa shape index (κ3) is 6.80. The molecule has 0 aromatic heterocycles. The van der Waals surface area contributed by atoms with Crippen LogP contribution in [0.1, 0.15) is 28.4 Å². The first-order valence-corrected chi connectivity index (χ1v) is 10.7. The van der Waals surface area contributed by atoms with Crippen molar-refractivity contribution in [3.63, 3.8) is 0 Å². The monoisotopic (exact) mass is 451 g/mol. The van der Waals surface area contributed by atoms with Gasteiger partial charge >= 0.3 is 5.97 Å². The van der Waals surface area contributed by atoms with E-state index in [4.69, 9.17) is 9.47 Å². The first kappa shape index (κ1) is 23.8. The van der Waals surface area contributed by atoms with Crippen molar-refractivity contribution in [2.75, 3.05) is 19.8 Å². The fraction of sp³-hybridized carbons (Fsp3) is 0.231. The third-order valence-electron chi connectivity index (χ3n) is 5.10. The van der Waals surface area contributed by atoms with Gasteiger partial charge in [-0.2, -0.15) is 0 Å². The largest absolute Gasteiger partial charge is 0.492 e. The predicted octanol–water partition coefficient (Wildman–Crippen LogP) is 4.57. The highest BCUT2D eigenvalue weighted by Gasteiger charge is 2.15. The molecule has 6 nitrogen and oxygen atoms in total. The maximum absolute atomic E-state index is 13.9. The lowest BCUT2D eigenvalue weighted by Crippen LogP contribution is -2.34. The van der Waals surface area contributed by atoms with Gasteiger partial charge in [-0.1, -0.05) is 42.5 Å². The standard InChI is InChI=1S/C26H26FNO5/c1-2-28(17-20-7-3-5-9-23(20)27)25(29)18-33-21-13-11-19(12-14-21)15-16-32-24-10-6-4-8-22(24)26(30)31/h3-14H,2,15-18H2,1H3,(H,30,31). The number of aromatic carboxylic acids is 1. The summed E-state index contributed by atoms with van der Waals surface area (Å²) in [7, 11) is 0. The fourth-order valence-corrected chi connectivity index (χ4v) is 3.25. The predicted molar refractivity (Wildman–Crippen MR) is 122 cm³/mol. The molecule has 7 heteroatoms. The Bertz CT molecular complexity index is 1080. The van der Waals surface area contributed by atoms with Gasteiger partial charge in [0.25, 0.3) is 5.91 Å². The van der Waals surface area contributed by atoms with Crippen molar-refractivity contribution in [3.8, 4) is 11.5 Å². The van der Waals surface area contributed by atoms with E-state index in [0.717, 1.165) is 5.56 Å². The molecule has 0 bridgehead atoms. The molecule has 0 aliphatic rings. The van der Waals surface area contributed by atoms with E-state index in [-0.39, 0.29) is 30.4 Å². The van der Waals surface area contributed by atoms with Crippen molar-refractivity contribution in [1.29, 1.82) is 0 Å². The van der Waals surface area contributed by atoms with Crippen LogP contribution in [0, 0.1) is 5.82 Å². The first-order chi connectivity index (χ1) is 16.0. The number of carboxylic acids is 1. The zero-order valence-electron chi connectivity index (χ0n) is 18.4. The number of carbonyl (C=O) groups is 2. The second-order valence-corrected chi connectivity index (χ2v) is 7.33. The number of hydrogen-bond donors (Lipinski definition) is 1. The number of ether oxygens (including phenoxy) is 2. The minimum atomic E-state index is -1.03. The maximum Gasteiger partial charge on any atom is 0.339 e. The Labute approximate surface area is 192 Å². The molecule has 0 spiro atoms. The summed E-state index contributed by atoms with van der Waals surface area (Å²) in [5.74, 6) is -0.714. The van der Waals surface area contributed by atoms with E-state index < -0.39 is 5.97 Å². The number of hydrogen-bond acceptors (Lipinski definition) is 4. The van der Waals surface area contributed by atoms with E-state index in [2.05, 4.69) is 0 Å². The van der Waals surface area contributed by atoms with Crippen LogP contribution in [0.4, 0.5) is 4.39 Å². The Balaban J connectivity index is 1.47. The van der Waals surface area contributed by atoms with Gasteiger partial charge in [-0.15, -0.1) is 0 Å². The lowest BCUT2D eigenvalue weighted by molar-refractivity contribution is -0.133. The van der Waals surface area contributed by atoms with Gasteiger partial charge in [0.05, 0.1) is 6.61 Å². The Morgan fingerprint density at radius 3 is 2.33 bits per heavy atom. The molecule has 0 aliphatic heterocycles. The Kier molecular flexibility index (Phi) is 8.41. The van der Waals surface area contributed by atoms with Crippen molar-refractivity contribution in [2.24, 2.45) is 0 Å². The quantitative estimate of drug-likeness (QED) is 0.462. The molecule has 3 aromatic carbocycles. The molecule has 0 aliphatic carbocycles. The van der Waals surface area contributed by atoms with Crippen molar-refractivity contribution in [3.05, 3.63) is 95.3 Å². The number of halogens is 1. The SMILES string of the molecule is CCN(Cc1ccccc1F)C(=O)COc1ccc(CCOc2ccccc2C(=O)O)cc1. The van der Waals surface area contributed by atoms with Crippen LogP contribution in [0.5, 0.6) is 11.5 Å². The number of likely N-dealkylation sites (N-methyl/N-ethyl adjacent to an activating group) is 1. The molecule has 3 aromatic rings. The Morgan fingerprint density at radius 1 is 0.939 bits per heavy atom. The van der Waals surface area contributed by atoms with Crippen LogP contribution in [0.2, 0.25) is 0 Å². The number of rotatable bonds is 11. The normalized spacial score (nSPS) is 10.5. The summed E-state index contributed by atoms with van der Waals surface area (Å²) >= 11 is 0. The van der Waals surface area contributed by atoms with Gasteiger partial charge in [-0.25, -0.2) is 9.18 Å². The number of para-hydroxylation sites is 1. The smallest absolute Gasteiger partial charge is 0.339 e. The van der Waals surface area contributed by atoms with Crippen LogP contribution in [-0.2, 0) is 17.8 Å². The van der Waals surface area contributed by atoms with Crippen LogP contribution < -0.4 is 9.47 Å². The average molecular weight is 451 g/mol. The fourth-order valence-electron chi connectivity index (χ4n) is 3.25. The van der Waals surface area contributed by atoms with Gasteiger partial charge in [-0.05, 0) is 42.8 Å². The van der Waals surface area contributed by atoms with E-state index >= 15 is 0 Å². The van der Waals surface area contributed by atoms with Crippen molar-refractivity contribution < 1.29 is 28.6 Å². The zero-order valence-corrected chi connectivity index (χ0v) is 18.4. The molecule has 0 atom stereocenters. The molecule has 1 amide bonds. The molecule has 1 N–H and O–H groups in total. The van der Waals surface area contributed by atoms with E-state index in [9.17, 15) is 19.1 Å². The van der Waals surface area contributed by atoms with Gasteiger partial charge < -0.3 is 19.5 Å². The van der Waals surface area contributed by atoms with E-state index in [1.165, 1.54) is 12.1 Å². The average Bonchev–Trinajstić information content (AvgIpc) is 2.83. The molecular formula is C26H26FNO5. The van der Waals surface area contributed by atoms with Crippen molar-refractivity contribution in [1.82, 2.24) is 4.90 Å². The molecule has 0 saturated heterocycles. The van der Waals surface area contributed by atoms with Crippen LogP contribution in [0.15, 0.2) is 72.8 Å². The Hall–Kier alpha value is -3.87. The molecule has 33 heavy (non-hydrogen) atoms. The number of benzene rings is 3. The molecule has 0 heterocycles. The van der Waals surface area contributed by atoms with Gasteiger partial charge in [0.15, 0.2) is 6.61 Å². The van der Waals surface area contributed by atoms with Crippen LogP contribution in [0.25, 0.3) is 0 Å². The zero-order chi connectivity index (χ0) is 23.6. The van der Waals surface area contributed by atoms with Gasteiger partial charge in [0.2, 0.25) is 0 Å².